The molecule has 0 bridgehead atoms. The molecule has 0 radical (unpaired) electrons. The molecular weight excluding hydrogens is 398 g/mol. The highest BCUT2D eigenvalue weighted by atomic mass is 16.5. The second kappa shape index (κ2) is 8.71. The zero-order chi connectivity index (χ0) is 21.8. The van der Waals surface area contributed by atoms with E-state index in [2.05, 4.69) is 5.32 Å². The molecule has 156 valence electrons. The Kier molecular flexibility index (Phi) is 5.66. The Labute approximate surface area is 177 Å². The summed E-state index contributed by atoms with van der Waals surface area (Å²) in [6.45, 7) is 1.95. The lowest BCUT2D eigenvalue weighted by molar-refractivity contribution is 0.0474. The maximum Gasteiger partial charge on any atom is 0.338 e. The molecule has 4 rings (SSSR count). The molecule has 7 heteroatoms. The molecule has 0 unspecified atom stereocenters. The lowest BCUT2D eigenvalue weighted by Crippen LogP contribution is -2.11. The highest BCUT2D eigenvalue weighted by Gasteiger charge is 2.13. The van der Waals surface area contributed by atoms with Crippen LogP contribution in [0.25, 0.3) is 11.0 Å². The van der Waals surface area contributed by atoms with E-state index >= 15 is 0 Å². The summed E-state index contributed by atoms with van der Waals surface area (Å²) in [6.07, 6.45) is 2.23. The molecule has 0 aliphatic heterocycles. The number of aryl methyl sites for hydroxylation is 1. The Hall–Kier alpha value is -4.13. The van der Waals surface area contributed by atoms with Crippen LogP contribution in [-0.4, -0.2) is 11.9 Å². The van der Waals surface area contributed by atoms with Crippen molar-refractivity contribution >= 4 is 28.5 Å². The van der Waals surface area contributed by atoms with Crippen LogP contribution in [-0.2, 0) is 17.8 Å². The van der Waals surface area contributed by atoms with Crippen molar-refractivity contribution in [2.24, 2.45) is 0 Å². The SMILES string of the molecule is CCc1ccc2c(COC(=O)c3ccc(NC(=O)c4ccco4)cc3)cc(=O)oc2c1. The summed E-state index contributed by atoms with van der Waals surface area (Å²) in [5.74, 6) is -0.745. The summed E-state index contributed by atoms with van der Waals surface area (Å²) in [4.78, 5) is 36.3. The number of benzene rings is 2. The Bertz CT molecular complexity index is 1290. The second-order valence-electron chi connectivity index (χ2n) is 6.86. The van der Waals surface area contributed by atoms with Crippen LogP contribution in [0.3, 0.4) is 0 Å². The summed E-state index contributed by atoms with van der Waals surface area (Å²) < 4.78 is 15.7. The lowest BCUT2D eigenvalue weighted by atomic mass is 10.1. The summed E-state index contributed by atoms with van der Waals surface area (Å²) in [6, 6.07) is 16.4. The molecule has 31 heavy (non-hydrogen) atoms. The molecule has 7 nitrogen and oxygen atoms in total. The molecule has 2 aromatic heterocycles. The van der Waals surface area contributed by atoms with Crippen molar-refractivity contribution in [1.82, 2.24) is 0 Å². The number of fused-ring (bicyclic) bond motifs is 1. The smallest absolute Gasteiger partial charge is 0.338 e. The number of rotatable bonds is 6. The molecule has 2 aromatic carbocycles. The first-order chi connectivity index (χ1) is 15.0. The average molecular weight is 417 g/mol. The number of carbonyl (C=O) groups is 2. The summed E-state index contributed by atoms with van der Waals surface area (Å²) in [7, 11) is 0. The summed E-state index contributed by atoms with van der Waals surface area (Å²) >= 11 is 0. The van der Waals surface area contributed by atoms with Crippen molar-refractivity contribution in [3.05, 3.63) is 99.8 Å². The first-order valence-corrected chi connectivity index (χ1v) is 9.71. The molecule has 0 fully saturated rings. The van der Waals surface area contributed by atoms with Gasteiger partial charge in [0.2, 0.25) is 0 Å². The molecule has 2 heterocycles. The third-order valence-corrected chi connectivity index (χ3v) is 4.79. The number of amides is 1. The predicted molar refractivity (Wildman–Crippen MR) is 114 cm³/mol. The average Bonchev–Trinajstić information content (AvgIpc) is 3.32. The van der Waals surface area contributed by atoms with Gasteiger partial charge in [-0.1, -0.05) is 19.1 Å². The number of hydrogen-bond acceptors (Lipinski definition) is 6. The lowest BCUT2D eigenvalue weighted by Gasteiger charge is -2.09. The number of anilines is 1. The Morgan fingerprint density at radius 3 is 2.55 bits per heavy atom. The van der Waals surface area contributed by atoms with E-state index in [4.69, 9.17) is 13.6 Å². The third kappa shape index (κ3) is 4.56. The molecular formula is C24H19NO6. The number of carbonyl (C=O) groups excluding carboxylic acids is 2. The van der Waals surface area contributed by atoms with Crippen LogP contribution in [0.2, 0.25) is 0 Å². The van der Waals surface area contributed by atoms with Crippen molar-refractivity contribution in [2.45, 2.75) is 20.0 Å². The Balaban J connectivity index is 1.44. The molecule has 0 aliphatic carbocycles. The molecule has 0 atom stereocenters. The number of hydrogen-bond donors (Lipinski definition) is 1. The van der Waals surface area contributed by atoms with Gasteiger partial charge in [0, 0.05) is 22.7 Å². The fraction of sp³-hybridized carbons (Fsp3) is 0.125. The Morgan fingerprint density at radius 1 is 1.03 bits per heavy atom. The molecule has 1 amide bonds. The zero-order valence-electron chi connectivity index (χ0n) is 16.7. The van der Waals surface area contributed by atoms with Gasteiger partial charge >= 0.3 is 11.6 Å². The van der Waals surface area contributed by atoms with Crippen LogP contribution in [0, 0.1) is 0 Å². The minimum atomic E-state index is -0.546. The molecule has 4 aromatic rings. The van der Waals surface area contributed by atoms with Crippen LogP contribution in [0.5, 0.6) is 0 Å². The Morgan fingerprint density at radius 2 is 1.84 bits per heavy atom. The maximum absolute atomic E-state index is 12.4. The fourth-order valence-corrected chi connectivity index (χ4v) is 3.13. The van der Waals surface area contributed by atoms with Crippen LogP contribution in [0.1, 0.15) is 39.0 Å². The van der Waals surface area contributed by atoms with E-state index in [1.807, 2.05) is 25.1 Å². The highest BCUT2D eigenvalue weighted by molar-refractivity contribution is 6.02. The topological polar surface area (TPSA) is 98.7 Å². The molecule has 0 spiro atoms. The van der Waals surface area contributed by atoms with Gasteiger partial charge in [0.15, 0.2) is 5.76 Å². The van der Waals surface area contributed by atoms with Crippen molar-refractivity contribution in [3.63, 3.8) is 0 Å². The molecule has 1 N–H and O–H groups in total. The van der Waals surface area contributed by atoms with Crippen LogP contribution >= 0.6 is 0 Å². The summed E-state index contributed by atoms with van der Waals surface area (Å²) in [5.41, 5.74) is 2.42. The zero-order valence-corrected chi connectivity index (χ0v) is 16.7. The van der Waals surface area contributed by atoms with E-state index in [0.29, 0.717) is 22.4 Å². The minimum Gasteiger partial charge on any atom is -0.459 e. The van der Waals surface area contributed by atoms with E-state index in [-0.39, 0.29) is 18.3 Å². The fourth-order valence-electron chi connectivity index (χ4n) is 3.13. The minimum absolute atomic E-state index is 0.0661. The van der Waals surface area contributed by atoms with E-state index in [9.17, 15) is 14.4 Å². The second-order valence-corrected chi connectivity index (χ2v) is 6.86. The van der Waals surface area contributed by atoms with Gasteiger partial charge in [0.1, 0.15) is 12.2 Å². The quantitative estimate of drug-likeness (QED) is 0.365. The van der Waals surface area contributed by atoms with Crippen molar-refractivity contribution in [2.75, 3.05) is 5.32 Å². The van der Waals surface area contributed by atoms with Gasteiger partial charge < -0.3 is 18.9 Å². The molecule has 0 saturated heterocycles. The van der Waals surface area contributed by atoms with Gasteiger partial charge in [-0.3, -0.25) is 4.79 Å². The predicted octanol–water partition coefficient (Wildman–Crippen LogP) is 4.56. The number of furan rings is 1. The molecule has 0 aliphatic rings. The van der Waals surface area contributed by atoms with Crippen LogP contribution in [0.4, 0.5) is 5.69 Å². The standard InChI is InChI=1S/C24H19NO6/c1-2-15-5-10-19-17(13-22(26)31-21(19)12-15)14-30-24(28)16-6-8-18(9-7-16)25-23(27)20-4-3-11-29-20/h3-13H,2,14H2,1H3,(H,25,27). The first kappa shape index (κ1) is 20.2. The van der Waals surface area contributed by atoms with Gasteiger partial charge in [-0.25, -0.2) is 9.59 Å². The van der Waals surface area contributed by atoms with Gasteiger partial charge in [0.05, 0.1) is 11.8 Å². The number of esters is 1. The monoisotopic (exact) mass is 417 g/mol. The highest BCUT2D eigenvalue weighted by Crippen LogP contribution is 2.20. The van der Waals surface area contributed by atoms with Crippen LogP contribution in [0.15, 0.2) is 80.6 Å². The first-order valence-electron chi connectivity index (χ1n) is 9.71. The van der Waals surface area contributed by atoms with Crippen LogP contribution < -0.4 is 10.9 Å². The maximum atomic E-state index is 12.4. The summed E-state index contributed by atoms with van der Waals surface area (Å²) in [5, 5.41) is 3.40. The van der Waals surface area contributed by atoms with E-state index in [1.54, 1.807) is 36.4 Å². The largest absolute Gasteiger partial charge is 0.459 e. The van der Waals surface area contributed by atoms with Gasteiger partial charge in [-0.15, -0.1) is 0 Å². The van der Waals surface area contributed by atoms with E-state index < -0.39 is 11.6 Å². The number of ether oxygens (including phenoxy) is 1. The number of nitrogens with one attached hydrogen (secondary N) is 1. The van der Waals surface area contributed by atoms with Gasteiger partial charge in [-0.05, 0) is 54.4 Å². The van der Waals surface area contributed by atoms with E-state index in [0.717, 1.165) is 17.4 Å². The normalized spacial score (nSPS) is 10.7. The van der Waals surface area contributed by atoms with Gasteiger partial charge in [-0.2, -0.15) is 0 Å². The van der Waals surface area contributed by atoms with Gasteiger partial charge in [0.25, 0.3) is 5.91 Å². The van der Waals surface area contributed by atoms with E-state index in [1.165, 1.54) is 12.3 Å². The van der Waals surface area contributed by atoms with Crippen molar-refractivity contribution < 1.29 is 23.2 Å². The third-order valence-electron chi connectivity index (χ3n) is 4.79. The van der Waals surface area contributed by atoms with Crippen molar-refractivity contribution in [1.29, 1.82) is 0 Å². The van der Waals surface area contributed by atoms with Crippen molar-refractivity contribution in [3.8, 4) is 0 Å². The molecule has 0 saturated carbocycles.